The van der Waals surface area contributed by atoms with E-state index >= 15 is 0 Å². The average molecular weight is 634 g/mol. The van der Waals surface area contributed by atoms with E-state index in [-0.39, 0.29) is 25.2 Å². The molecule has 3 aromatic heterocycles. The lowest BCUT2D eigenvalue weighted by atomic mass is 9.90. The quantitative estimate of drug-likeness (QED) is 0.221. The second kappa shape index (κ2) is 14.6. The lowest BCUT2D eigenvalue weighted by Gasteiger charge is -2.38. The van der Waals surface area contributed by atoms with E-state index in [1.54, 1.807) is 23.1 Å². The topological polar surface area (TPSA) is 154 Å². The summed E-state index contributed by atoms with van der Waals surface area (Å²) in [6, 6.07) is 8.54. The normalized spacial score (nSPS) is 19.5. The fourth-order valence-electron chi connectivity index (χ4n) is 5.80. The molecule has 15 heteroatoms. The molecule has 1 saturated carbocycles. The molecule has 1 aliphatic carbocycles. The predicted octanol–water partition coefficient (Wildman–Crippen LogP) is 4.30. The molecule has 0 spiro atoms. The van der Waals surface area contributed by atoms with Crippen LogP contribution < -0.4 is 14.8 Å². The van der Waals surface area contributed by atoms with Gasteiger partial charge in [-0.15, -0.1) is 10.2 Å². The van der Waals surface area contributed by atoms with Crippen LogP contribution in [0.25, 0.3) is 11.1 Å². The van der Waals surface area contributed by atoms with E-state index in [2.05, 4.69) is 41.8 Å². The molecule has 0 radical (unpaired) electrons. The van der Waals surface area contributed by atoms with Gasteiger partial charge in [0.2, 0.25) is 5.95 Å². The lowest BCUT2D eigenvalue weighted by molar-refractivity contribution is 0.00503. The van der Waals surface area contributed by atoms with Crippen molar-refractivity contribution in [1.82, 2.24) is 44.9 Å². The van der Waals surface area contributed by atoms with Crippen LogP contribution in [0.3, 0.4) is 0 Å². The molecule has 0 unspecified atom stereocenters. The monoisotopic (exact) mass is 633 g/mol. The van der Waals surface area contributed by atoms with Gasteiger partial charge < -0.3 is 19.5 Å². The van der Waals surface area contributed by atoms with Crippen LogP contribution in [0.15, 0.2) is 43.1 Å². The van der Waals surface area contributed by atoms with Crippen molar-refractivity contribution in [3.8, 4) is 28.8 Å². The SMILES string of the molecule is C[C@@H](Cn1cnnn1)Oc1cc(-c2cnc(Nc3cn(C4CCC(N5CCOCC5)CC4)nc3OCCC#N)nc2)ccc1Cl. The molecule has 6 rings (SSSR count). The molecule has 2 fully saturated rings. The van der Waals surface area contributed by atoms with Crippen molar-refractivity contribution in [2.75, 3.05) is 38.2 Å². The predicted molar refractivity (Wildman–Crippen MR) is 165 cm³/mol. The Hall–Kier alpha value is -4.32. The fourth-order valence-corrected chi connectivity index (χ4v) is 5.96. The highest BCUT2D eigenvalue weighted by molar-refractivity contribution is 6.32. The second-order valence-electron chi connectivity index (χ2n) is 11.2. The molecule has 1 saturated heterocycles. The van der Waals surface area contributed by atoms with E-state index in [9.17, 15) is 0 Å². The molecule has 0 amide bonds. The maximum absolute atomic E-state index is 9.01. The number of anilines is 2. The van der Waals surface area contributed by atoms with Gasteiger partial charge in [-0.3, -0.25) is 9.58 Å². The first kappa shape index (κ1) is 30.7. The molecule has 1 aromatic carbocycles. The molecule has 14 nitrogen and oxygen atoms in total. The minimum absolute atomic E-state index is 0.214. The molecule has 45 heavy (non-hydrogen) atoms. The summed E-state index contributed by atoms with van der Waals surface area (Å²) in [5, 5.41) is 28.7. The zero-order chi connectivity index (χ0) is 31.0. The molecule has 2 aliphatic rings. The van der Waals surface area contributed by atoms with Gasteiger partial charge in [-0.05, 0) is 60.7 Å². The summed E-state index contributed by atoms with van der Waals surface area (Å²) in [5.41, 5.74) is 2.32. The Bertz CT molecular complexity index is 1560. The van der Waals surface area contributed by atoms with Crippen molar-refractivity contribution in [2.24, 2.45) is 0 Å². The fraction of sp³-hybridized carbons (Fsp3) is 0.500. The van der Waals surface area contributed by atoms with Crippen molar-refractivity contribution < 1.29 is 14.2 Å². The van der Waals surface area contributed by atoms with Gasteiger partial charge in [-0.2, -0.15) is 5.26 Å². The third-order valence-corrected chi connectivity index (χ3v) is 8.39. The van der Waals surface area contributed by atoms with E-state index < -0.39 is 0 Å². The number of hydrogen-bond acceptors (Lipinski definition) is 12. The van der Waals surface area contributed by atoms with Crippen molar-refractivity contribution in [3.63, 3.8) is 0 Å². The number of rotatable bonds is 12. The smallest absolute Gasteiger partial charge is 0.256 e. The first-order valence-corrected chi connectivity index (χ1v) is 15.6. The highest BCUT2D eigenvalue weighted by Crippen LogP contribution is 2.35. The molecule has 4 heterocycles. The summed E-state index contributed by atoms with van der Waals surface area (Å²) in [5.74, 6) is 1.38. The molecular weight excluding hydrogens is 598 g/mol. The van der Waals surface area contributed by atoms with Gasteiger partial charge in [0.1, 0.15) is 30.5 Å². The Labute approximate surface area is 266 Å². The highest BCUT2D eigenvalue weighted by Gasteiger charge is 2.29. The highest BCUT2D eigenvalue weighted by atomic mass is 35.5. The maximum atomic E-state index is 9.01. The number of aromatic nitrogens is 8. The van der Waals surface area contributed by atoms with E-state index in [0.717, 1.165) is 63.1 Å². The Morgan fingerprint density at radius 2 is 1.89 bits per heavy atom. The van der Waals surface area contributed by atoms with Gasteiger partial charge in [0.05, 0.1) is 49.5 Å². The van der Waals surface area contributed by atoms with Crippen LogP contribution in [0.5, 0.6) is 11.6 Å². The third-order valence-electron chi connectivity index (χ3n) is 8.08. The molecule has 236 valence electrons. The van der Waals surface area contributed by atoms with E-state index in [4.69, 9.17) is 36.2 Å². The third kappa shape index (κ3) is 7.86. The molecule has 1 atom stereocenters. The van der Waals surface area contributed by atoms with Crippen LogP contribution in [-0.2, 0) is 11.3 Å². The number of tetrazole rings is 1. The Morgan fingerprint density at radius 1 is 1.11 bits per heavy atom. The Kier molecular flexibility index (Phi) is 9.99. The van der Waals surface area contributed by atoms with Crippen LogP contribution in [0.1, 0.15) is 45.1 Å². The number of benzene rings is 1. The number of halogens is 1. The zero-order valence-corrected chi connectivity index (χ0v) is 25.9. The summed E-state index contributed by atoms with van der Waals surface area (Å²) in [6.07, 6.45) is 11.3. The Morgan fingerprint density at radius 3 is 2.62 bits per heavy atom. The van der Waals surface area contributed by atoms with E-state index in [1.165, 1.54) is 6.33 Å². The van der Waals surface area contributed by atoms with Crippen molar-refractivity contribution in [2.45, 2.75) is 63.8 Å². The minimum Gasteiger partial charge on any atom is -0.487 e. The molecule has 4 aromatic rings. The molecule has 0 bridgehead atoms. The standard InChI is InChI=1S/C30H36ClN11O3/c1-21(18-41-20-35-38-39-41)45-28-15-22(3-8-26(28)31)23-16-33-30(34-17-23)36-27-19-42(37-29(27)44-12-2-9-32)25-6-4-24(5-7-25)40-10-13-43-14-11-40/h3,8,15-17,19-21,24-25H,2,4-7,10-14,18H2,1H3,(H,33,34,36)/t21-,24?,25?/m0/s1. The summed E-state index contributed by atoms with van der Waals surface area (Å²) in [7, 11) is 0. The summed E-state index contributed by atoms with van der Waals surface area (Å²) < 4.78 is 21.1. The lowest BCUT2D eigenvalue weighted by Crippen LogP contribution is -2.45. The van der Waals surface area contributed by atoms with Crippen molar-refractivity contribution >= 4 is 23.2 Å². The number of nitrogens with one attached hydrogen (secondary N) is 1. The first-order valence-electron chi connectivity index (χ1n) is 15.2. The largest absolute Gasteiger partial charge is 0.487 e. The number of nitrogens with zero attached hydrogens (tertiary/aromatic N) is 10. The zero-order valence-electron chi connectivity index (χ0n) is 25.1. The van der Waals surface area contributed by atoms with Crippen LogP contribution in [0.4, 0.5) is 11.6 Å². The van der Waals surface area contributed by atoms with Crippen molar-refractivity contribution in [3.05, 3.63) is 48.1 Å². The van der Waals surface area contributed by atoms with Crippen LogP contribution >= 0.6 is 11.6 Å². The Balaban J connectivity index is 1.12. The summed E-state index contributed by atoms with van der Waals surface area (Å²) in [6.45, 7) is 6.31. The van der Waals surface area contributed by atoms with Gasteiger partial charge in [-0.1, -0.05) is 17.7 Å². The van der Waals surface area contributed by atoms with Gasteiger partial charge in [-0.25, -0.2) is 14.6 Å². The number of nitriles is 1. The van der Waals surface area contributed by atoms with Gasteiger partial charge in [0, 0.05) is 37.1 Å². The molecule has 1 aliphatic heterocycles. The van der Waals surface area contributed by atoms with Gasteiger partial charge in [0.15, 0.2) is 0 Å². The molecule has 1 N–H and O–H groups in total. The summed E-state index contributed by atoms with van der Waals surface area (Å²) >= 11 is 6.43. The first-order chi connectivity index (χ1) is 22.1. The van der Waals surface area contributed by atoms with Crippen LogP contribution in [-0.4, -0.2) is 89.9 Å². The molecular formula is C30H36ClN11O3. The number of ether oxygens (including phenoxy) is 3. The summed E-state index contributed by atoms with van der Waals surface area (Å²) in [4.78, 5) is 11.7. The van der Waals surface area contributed by atoms with Crippen molar-refractivity contribution in [1.29, 1.82) is 5.26 Å². The van der Waals surface area contributed by atoms with Gasteiger partial charge >= 0.3 is 0 Å². The number of hydrogen-bond donors (Lipinski definition) is 1. The second-order valence-corrected chi connectivity index (χ2v) is 11.6. The van der Waals surface area contributed by atoms with E-state index in [1.807, 2.05) is 29.9 Å². The number of morpholine rings is 1. The van der Waals surface area contributed by atoms with E-state index in [0.29, 0.717) is 40.9 Å². The minimum atomic E-state index is -0.214. The maximum Gasteiger partial charge on any atom is 0.256 e. The van der Waals surface area contributed by atoms with Crippen LogP contribution in [0.2, 0.25) is 5.02 Å². The van der Waals surface area contributed by atoms with Gasteiger partial charge in [0.25, 0.3) is 5.88 Å². The average Bonchev–Trinajstić information content (AvgIpc) is 3.73. The van der Waals surface area contributed by atoms with Crippen LogP contribution in [0, 0.1) is 11.3 Å².